The van der Waals surface area contributed by atoms with Gasteiger partial charge >= 0.3 is 0 Å². The zero-order valence-electron chi connectivity index (χ0n) is 17.5. The lowest BCUT2D eigenvalue weighted by Crippen LogP contribution is -2.35. The van der Waals surface area contributed by atoms with Crippen molar-refractivity contribution in [1.29, 1.82) is 0 Å². The maximum atomic E-state index is 12.5. The van der Waals surface area contributed by atoms with E-state index in [-0.39, 0.29) is 36.6 Å². The molecule has 0 atom stereocenters. The van der Waals surface area contributed by atoms with Crippen molar-refractivity contribution in [2.45, 2.75) is 12.8 Å². The van der Waals surface area contributed by atoms with E-state index in [1.165, 1.54) is 4.90 Å². The van der Waals surface area contributed by atoms with E-state index < -0.39 is 0 Å². The molecule has 0 radical (unpaired) electrons. The highest BCUT2D eigenvalue weighted by Gasteiger charge is 2.34. The molecule has 4 rings (SSSR count). The number of carbonyl (C=O) groups excluding carboxylic acids is 4. The van der Waals surface area contributed by atoms with Crippen LogP contribution in [0.5, 0.6) is 0 Å². The van der Waals surface area contributed by atoms with Crippen molar-refractivity contribution in [3.8, 4) is 0 Å². The van der Waals surface area contributed by atoms with E-state index in [1.807, 2.05) is 36.4 Å². The second-order valence-electron chi connectivity index (χ2n) is 7.54. The van der Waals surface area contributed by atoms with Crippen LogP contribution in [0.1, 0.15) is 43.9 Å². The fraction of sp³-hybridized carbons (Fsp3) is 0.200. The number of fused-ring (bicyclic) bond motifs is 2. The van der Waals surface area contributed by atoms with Gasteiger partial charge in [-0.3, -0.25) is 24.1 Å². The largest absolute Gasteiger partial charge is 0.354 e. The van der Waals surface area contributed by atoms with Crippen LogP contribution in [0.4, 0.5) is 0 Å². The standard InChI is InChI=1S/C25H23N3O4/c29-22(13-6-16-28-24(31)20-10-3-4-11-21(20)25(28)32)26-14-15-27-23(30)19-12-5-8-17-7-1-2-9-18(17)19/h1-5,7-12H,6,13-16H2,(H,26,29)(H,27,30). The van der Waals surface area contributed by atoms with E-state index in [4.69, 9.17) is 0 Å². The van der Waals surface area contributed by atoms with Gasteiger partial charge < -0.3 is 10.6 Å². The first-order valence-corrected chi connectivity index (χ1v) is 10.5. The van der Waals surface area contributed by atoms with Crippen LogP contribution in [0.2, 0.25) is 0 Å². The molecule has 1 aliphatic heterocycles. The monoisotopic (exact) mass is 429 g/mol. The van der Waals surface area contributed by atoms with Crippen molar-refractivity contribution >= 4 is 34.4 Å². The first-order valence-electron chi connectivity index (χ1n) is 10.5. The van der Waals surface area contributed by atoms with Crippen molar-refractivity contribution < 1.29 is 19.2 Å². The van der Waals surface area contributed by atoms with Gasteiger partial charge in [0.1, 0.15) is 0 Å². The topological polar surface area (TPSA) is 95.6 Å². The molecule has 1 aliphatic rings. The summed E-state index contributed by atoms with van der Waals surface area (Å²) in [5.41, 5.74) is 1.41. The molecule has 32 heavy (non-hydrogen) atoms. The highest BCUT2D eigenvalue weighted by atomic mass is 16.2. The summed E-state index contributed by atoms with van der Waals surface area (Å²) < 4.78 is 0. The highest BCUT2D eigenvalue weighted by Crippen LogP contribution is 2.22. The van der Waals surface area contributed by atoms with Crippen molar-refractivity contribution in [3.63, 3.8) is 0 Å². The number of hydrogen-bond acceptors (Lipinski definition) is 4. The molecule has 0 fully saturated rings. The molecule has 0 aliphatic carbocycles. The minimum Gasteiger partial charge on any atom is -0.354 e. The van der Waals surface area contributed by atoms with E-state index in [0.29, 0.717) is 36.2 Å². The second kappa shape index (κ2) is 9.43. The molecule has 162 valence electrons. The number of imide groups is 1. The SMILES string of the molecule is O=C(CCCN1C(=O)c2ccccc2C1=O)NCCNC(=O)c1cccc2ccccc12. The highest BCUT2D eigenvalue weighted by molar-refractivity contribution is 6.21. The minimum absolute atomic E-state index is 0.185. The van der Waals surface area contributed by atoms with Gasteiger partial charge in [-0.15, -0.1) is 0 Å². The van der Waals surface area contributed by atoms with Gasteiger partial charge in [0.15, 0.2) is 0 Å². The van der Waals surface area contributed by atoms with E-state index >= 15 is 0 Å². The summed E-state index contributed by atoms with van der Waals surface area (Å²) in [4.78, 5) is 50.4. The zero-order valence-corrected chi connectivity index (χ0v) is 17.5. The number of hydrogen-bond donors (Lipinski definition) is 2. The molecule has 3 aromatic rings. The van der Waals surface area contributed by atoms with Crippen molar-refractivity contribution in [2.75, 3.05) is 19.6 Å². The third kappa shape index (κ3) is 4.37. The molecular formula is C25H23N3O4. The van der Waals surface area contributed by atoms with E-state index in [2.05, 4.69) is 10.6 Å². The molecule has 2 N–H and O–H groups in total. The molecule has 7 heteroatoms. The molecular weight excluding hydrogens is 406 g/mol. The Morgan fingerprint density at radius 1 is 0.750 bits per heavy atom. The first kappa shape index (κ1) is 21.2. The molecule has 0 spiro atoms. The van der Waals surface area contributed by atoms with Gasteiger partial charge in [-0.1, -0.05) is 48.5 Å². The van der Waals surface area contributed by atoms with Crippen molar-refractivity contribution in [1.82, 2.24) is 15.5 Å². The van der Waals surface area contributed by atoms with Gasteiger partial charge in [0, 0.05) is 31.6 Å². The Balaban J connectivity index is 1.18. The summed E-state index contributed by atoms with van der Waals surface area (Å²) in [6.07, 6.45) is 0.560. The quantitative estimate of drug-likeness (QED) is 0.425. The summed E-state index contributed by atoms with van der Waals surface area (Å²) in [5.74, 6) is -1.02. The van der Waals surface area contributed by atoms with Crippen molar-refractivity contribution in [2.24, 2.45) is 0 Å². The fourth-order valence-electron chi connectivity index (χ4n) is 3.82. The molecule has 1 heterocycles. The Labute approximate surface area is 185 Å². The number of carbonyl (C=O) groups is 4. The van der Waals surface area contributed by atoms with Crippen molar-refractivity contribution in [3.05, 3.63) is 83.4 Å². The summed E-state index contributed by atoms with van der Waals surface area (Å²) >= 11 is 0. The summed E-state index contributed by atoms with van der Waals surface area (Å²) in [7, 11) is 0. The second-order valence-corrected chi connectivity index (χ2v) is 7.54. The van der Waals surface area contributed by atoms with Crippen LogP contribution in [-0.4, -0.2) is 48.2 Å². The van der Waals surface area contributed by atoms with E-state index in [0.717, 1.165) is 10.8 Å². The number of amides is 4. The maximum absolute atomic E-state index is 12.5. The lowest BCUT2D eigenvalue weighted by molar-refractivity contribution is -0.121. The summed E-state index contributed by atoms with van der Waals surface area (Å²) in [6.45, 7) is 0.784. The van der Waals surface area contributed by atoms with Gasteiger partial charge in [0.25, 0.3) is 17.7 Å². The number of nitrogens with zero attached hydrogens (tertiary/aromatic N) is 1. The number of benzene rings is 3. The van der Waals surface area contributed by atoms with Crippen LogP contribution >= 0.6 is 0 Å². The number of rotatable bonds is 8. The third-order valence-corrected chi connectivity index (χ3v) is 5.43. The molecule has 0 aromatic heterocycles. The van der Waals surface area contributed by atoms with Crippen LogP contribution in [0.3, 0.4) is 0 Å². The Hall–Kier alpha value is -4.00. The van der Waals surface area contributed by atoms with Gasteiger partial charge in [-0.25, -0.2) is 0 Å². The van der Waals surface area contributed by atoms with Crippen LogP contribution < -0.4 is 10.6 Å². The lowest BCUT2D eigenvalue weighted by Gasteiger charge is -2.13. The Kier molecular flexibility index (Phi) is 6.26. The maximum Gasteiger partial charge on any atom is 0.261 e. The van der Waals surface area contributed by atoms with Crippen LogP contribution in [-0.2, 0) is 4.79 Å². The van der Waals surface area contributed by atoms with Gasteiger partial charge in [0.2, 0.25) is 5.91 Å². The van der Waals surface area contributed by atoms with Crippen LogP contribution in [0.25, 0.3) is 10.8 Å². The summed E-state index contributed by atoms with van der Waals surface area (Å²) in [6, 6.07) is 19.9. The van der Waals surface area contributed by atoms with E-state index in [9.17, 15) is 19.2 Å². The molecule has 3 aromatic carbocycles. The fourth-order valence-corrected chi connectivity index (χ4v) is 3.82. The third-order valence-electron chi connectivity index (χ3n) is 5.43. The molecule has 0 bridgehead atoms. The van der Waals surface area contributed by atoms with Gasteiger partial charge in [-0.2, -0.15) is 0 Å². The molecule has 0 unspecified atom stereocenters. The number of nitrogens with one attached hydrogen (secondary N) is 2. The molecule has 7 nitrogen and oxygen atoms in total. The smallest absolute Gasteiger partial charge is 0.261 e. The molecule has 0 saturated carbocycles. The lowest BCUT2D eigenvalue weighted by atomic mass is 10.0. The summed E-state index contributed by atoms with van der Waals surface area (Å²) in [5, 5.41) is 7.44. The predicted molar refractivity (Wildman–Crippen MR) is 120 cm³/mol. The normalized spacial score (nSPS) is 12.7. The Bertz CT molecular complexity index is 1160. The van der Waals surface area contributed by atoms with Gasteiger partial charge in [0.05, 0.1) is 11.1 Å². The minimum atomic E-state index is -0.317. The zero-order chi connectivity index (χ0) is 22.5. The van der Waals surface area contributed by atoms with Crippen LogP contribution in [0.15, 0.2) is 66.7 Å². The Morgan fingerprint density at radius 3 is 2.12 bits per heavy atom. The van der Waals surface area contributed by atoms with E-state index in [1.54, 1.807) is 30.3 Å². The Morgan fingerprint density at radius 2 is 1.38 bits per heavy atom. The average Bonchev–Trinajstić information content (AvgIpc) is 3.06. The predicted octanol–water partition coefficient (Wildman–Crippen LogP) is 2.76. The van der Waals surface area contributed by atoms with Gasteiger partial charge in [-0.05, 0) is 35.4 Å². The average molecular weight is 429 g/mol. The molecule has 4 amide bonds. The van der Waals surface area contributed by atoms with Crippen LogP contribution in [0, 0.1) is 0 Å². The molecule has 0 saturated heterocycles. The first-order chi connectivity index (χ1) is 15.6.